The second kappa shape index (κ2) is 6.36. The number of anilines is 1. The molecule has 0 spiro atoms. The number of hydrogen-bond acceptors (Lipinski definition) is 3. The van der Waals surface area contributed by atoms with Crippen LogP contribution in [0.15, 0.2) is 36.4 Å². The molecule has 2 aromatic rings. The molecule has 1 atom stereocenters. The molecule has 1 saturated heterocycles. The summed E-state index contributed by atoms with van der Waals surface area (Å²) in [6.45, 7) is 3.42. The molecule has 4 nitrogen and oxygen atoms in total. The second-order valence-corrected chi connectivity index (χ2v) is 6.05. The third-order valence-electron chi connectivity index (χ3n) is 4.31. The number of carboxylic acids is 1. The van der Waals surface area contributed by atoms with E-state index in [0.717, 1.165) is 37.3 Å². The van der Waals surface area contributed by atoms with Crippen LogP contribution in [-0.2, 0) is 6.42 Å². The van der Waals surface area contributed by atoms with Crippen molar-refractivity contribution in [3.05, 3.63) is 59.0 Å². The van der Waals surface area contributed by atoms with Gasteiger partial charge in [0.25, 0.3) is 0 Å². The molecule has 0 amide bonds. The van der Waals surface area contributed by atoms with Crippen molar-refractivity contribution in [2.75, 3.05) is 18.0 Å². The third-order valence-corrected chi connectivity index (χ3v) is 4.31. The molecule has 1 unspecified atom stereocenters. The first-order valence-corrected chi connectivity index (χ1v) is 7.73. The number of aryl methyl sites for hydroxylation is 1. The molecule has 1 fully saturated rings. The van der Waals surface area contributed by atoms with E-state index < -0.39 is 5.97 Å². The van der Waals surface area contributed by atoms with Gasteiger partial charge in [-0.15, -0.1) is 0 Å². The van der Waals surface area contributed by atoms with Gasteiger partial charge >= 0.3 is 5.97 Å². The highest BCUT2D eigenvalue weighted by molar-refractivity contribution is 5.87. The molecule has 0 radical (unpaired) electrons. The van der Waals surface area contributed by atoms with Crippen molar-refractivity contribution in [3.63, 3.8) is 0 Å². The third kappa shape index (κ3) is 3.50. The highest BCUT2D eigenvalue weighted by Crippen LogP contribution is 2.25. The Morgan fingerprint density at radius 2 is 2.22 bits per heavy atom. The van der Waals surface area contributed by atoms with E-state index in [1.54, 1.807) is 31.2 Å². The van der Waals surface area contributed by atoms with Gasteiger partial charge in [0.1, 0.15) is 11.6 Å². The van der Waals surface area contributed by atoms with Crippen molar-refractivity contribution >= 4 is 11.8 Å². The standard InChI is InChI=1S/C18H19FN2O2/c1-12-16(19)5-6-17(20-12)21-8-7-14(11-21)9-13-3-2-4-15(10-13)18(22)23/h2-6,10,14H,7-9,11H2,1H3,(H,22,23). The largest absolute Gasteiger partial charge is 0.478 e. The summed E-state index contributed by atoms with van der Waals surface area (Å²) in [7, 11) is 0. The molecule has 0 saturated carbocycles. The van der Waals surface area contributed by atoms with Gasteiger partial charge in [-0.1, -0.05) is 12.1 Å². The van der Waals surface area contributed by atoms with Crippen LogP contribution in [0.3, 0.4) is 0 Å². The maximum atomic E-state index is 13.3. The number of hydrogen-bond donors (Lipinski definition) is 1. The number of pyridine rings is 1. The lowest BCUT2D eigenvalue weighted by Crippen LogP contribution is -2.21. The fourth-order valence-corrected chi connectivity index (χ4v) is 3.08. The van der Waals surface area contributed by atoms with Gasteiger partial charge in [-0.3, -0.25) is 0 Å². The molecule has 2 heterocycles. The van der Waals surface area contributed by atoms with Crippen molar-refractivity contribution in [2.24, 2.45) is 5.92 Å². The van der Waals surface area contributed by atoms with Crippen molar-refractivity contribution in [2.45, 2.75) is 19.8 Å². The number of halogens is 1. The molecule has 0 bridgehead atoms. The molecular formula is C18H19FN2O2. The molecule has 120 valence electrons. The van der Waals surface area contributed by atoms with Gasteiger partial charge in [-0.2, -0.15) is 0 Å². The van der Waals surface area contributed by atoms with Crippen LogP contribution >= 0.6 is 0 Å². The molecule has 1 aromatic heterocycles. The monoisotopic (exact) mass is 314 g/mol. The smallest absolute Gasteiger partial charge is 0.335 e. The fraction of sp³-hybridized carbons (Fsp3) is 0.333. The first-order valence-electron chi connectivity index (χ1n) is 7.73. The molecule has 5 heteroatoms. The Morgan fingerprint density at radius 3 is 2.96 bits per heavy atom. The lowest BCUT2D eigenvalue weighted by Gasteiger charge is -2.18. The van der Waals surface area contributed by atoms with Gasteiger partial charge in [0.05, 0.1) is 11.3 Å². The maximum absolute atomic E-state index is 13.3. The summed E-state index contributed by atoms with van der Waals surface area (Å²) in [4.78, 5) is 17.5. The fourth-order valence-electron chi connectivity index (χ4n) is 3.08. The zero-order valence-electron chi connectivity index (χ0n) is 13.0. The molecule has 1 N–H and O–H groups in total. The summed E-state index contributed by atoms with van der Waals surface area (Å²) in [5.41, 5.74) is 1.79. The van der Waals surface area contributed by atoms with Crippen LogP contribution in [0, 0.1) is 18.7 Å². The van der Waals surface area contributed by atoms with Crippen molar-refractivity contribution < 1.29 is 14.3 Å². The lowest BCUT2D eigenvalue weighted by atomic mass is 9.97. The van der Waals surface area contributed by atoms with E-state index in [4.69, 9.17) is 5.11 Å². The lowest BCUT2D eigenvalue weighted by molar-refractivity contribution is 0.0696. The number of aromatic nitrogens is 1. The molecule has 1 aliphatic heterocycles. The summed E-state index contributed by atoms with van der Waals surface area (Å²) in [6, 6.07) is 10.3. The van der Waals surface area contributed by atoms with Crippen LogP contribution in [0.4, 0.5) is 10.2 Å². The molecule has 0 aliphatic carbocycles. The van der Waals surface area contributed by atoms with Crippen LogP contribution < -0.4 is 4.90 Å². The van der Waals surface area contributed by atoms with Gasteiger partial charge in [-0.05, 0) is 55.5 Å². The van der Waals surface area contributed by atoms with Crippen LogP contribution in [0.2, 0.25) is 0 Å². The van der Waals surface area contributed by atoms with Crippen LogP contribution in [0.25, 0.3) is 0 Å². The highest BCUT2D eigenvalue weighted by Gasteiger charge is 2.24. The number of nitrogens with zero attached hydrogens (tertiary/aromatic N) is 2. The number of carboxylic acid groups (broad SMARTS) is 1. The maximum Gasteiger partial charge on any atom is 0.335 e. The van der Waals surface area contributed by atoms with Gasteiger partial charge in [0.2, 0.25) is 0 Å². The Bertz CT molecular complexity index is 733. The summed E-state index contributed by atoms with van der Waals surface area (Å²) in [6.07, 6.45) is 1.87. The molecular weight excluding hydrogens is 295 g/mol. The predicted molar refractivity (Wildman–Crippen MR) is 86.4 cm³/mol. The van der Waals surface area contributed by atoms with E-state index in [0.29, 0.717) is 17.2 Å². The zero-order valence-corrected chi connectivity index (χ0v) is 13.0. The Morgan fingerprint density at radius 1 is 1.39 bits per heavy atom. The quantitative estimate of drug-likeness (QED) is 0.941. The van der Waals surface area contributed by atoms with E-state index in [2.05, 4.69) is 9.88 Å². The minimum Gasteiger partial charge on any atom is -0.478 e. The average molecular weight is 314 g/mol. The van der Waals surface area contributed by atoms with Crippen molar-refractivity contribution in [1.82, 2.24) is 4.98 Å². The number of carbonyl (C=O) groups is 1. The van der Waals surface area contributed by atoms with Crippen LogP contribution in [0.5, 0.6) is 0 Å². The number of rotatable bonds is 4. The summed E-state index contributed by atoms with van der Waals surface area (Å²) >= 11 is 0. The molecule has 23 heavy (non-hydrogen) atoms. The molecule has 3 rings (SSSR count). The normalized spacial score (nSPS) is 17.5. The van der Waals surface area contributed by atoms with E-state index >= 15 is 0 Å². The summed E-state index contributed by atoms with van der Waals surface area (Å²) in [5.74, 6) is 0.0813. The second-order valence-electron chi connectivity index (χ2n) is 6.05. The van der Waals surface area contributed by atoms with E-state index in [9.17, 15) is 9.18 Å². The van der Waals surface area contributed by atoms with Crippen LogP contribution in [-0.4, -0.2) is 29.1 Å². The van der Waals surface area contributed by atoms with E-state index in [1.165, 1.54) is 6.07 Å². The Hall–Kier alpha value is -2.43. The summed E-state index contributed by atoms with van der Waals surface area (Å²) < 4.78 is 13.3. The topological polar surface area (TPSA) is 53.4 Å². The predicted octanol–water partition coefficient (Wildman–Crippen LogP) is 3.30. The highest BCUT2D eigenvalue weighted by atomic mass is 19.1. The van der Waals surface area contributed by atoms with E-state index in [1.807, 2.05) is 6.07 Å². The minimum atomic E-state index is -0.897. The SMILES string of the molecule is Cc1nc(N2CCC(Cc3cccc(C(=O)O)c3)C2)ccc1F. The molecule has 1 aliphatic rings. The molecule has 1 aromatic carbocycles. The van der Waals surface area contributed by atoms with Gasteiger partial charge in [-0.25, -0.2) is 14.2 Å². The van der Waals surface area contributed by atoms with E-state index in [-0.39, 0.29) is 5.82 Å². The number of aromatic carboxylic acids is 1. The van der Waals surface area contributed by atoms with Crippen molar-refractivity contribution in [1.29, 1.82) is 0 Å². The van der Waals surface area contributed by atoms with Gasteiger partial charge in [0, 0.05) is 13.1 Å². The number of benzene rings is 1. The zero-order chi connectivity index (χ0) is 16.4. The van der Waals surface area contributed by atoms with Gasteiger partial charge in [0.15, 0.2) is 0 Å². The first kappa shape index (κ1) is 15.5. The Balaban J connectivity index is 1.67. The Kier molecular flexibility index (Phi) is 4.28. The minimum absolute atomic E-state index is 0.282. The van der Waals surface area contributed by atoms with Crippen LogP contribution in [0.1, 0.15) is 28.0 Å². The van der Waals surface area contributed by atoms with Crippen molar-refractivity contribution in [3.8, 4) is 0 Å². The average Bonchev–Trinajstić information content (AvgIpc) is 2.99. The Labute approximate surface area is 134 Å². The first-order chi connectivity index (χ1) is 11.0. The van der Waals surface area contributed by atoms with Gasteiger partial charge < -0.3 is 10.0 Å². The summed E-state index contributed by atoms with van der Waals surface area (Å²) in [5, 5.41) is 9.06.